The Morgan fingerprint density at radius 3 is 2.79 bits per heavy atom. The van der Waals surface area contributed by atoms with Crippen LogP contribution >= 0.6 is 0 Å². The minimum atomic E-state index is -0.180. The van der Waals surface area contributed by atoms with Crippen molar-refractivity contribution < 1.29 is 4.79 Å². The van der Waals surface area contributed by atoms with Gasteiger partial charge in [-0.2, -0.15) is 0 Å². The number of rotatable bonds is 4. The van der Waals surface area contributed by atoms with Crippen LogP contribution in [0, 0.1) is 5.92 Å². The maximum absolute atomic E-state index is 11.8. The van der Waals surface area contributed by atoms with E-state index in [1.807, 2.05) is 0 Å². The summed E-state index contributed by atoms with van der Waals surface area (Å²) in [4.78, 5) is 21.9. The topological polar surface area (TPSA) is 84.1 Å². The van der Waals surface area contributed by atoms with Crippen molar-refractivity contribution in [2.24, 2.45) is 5.92 Å². The van der Waals surface area contributed by atoms with Crippen molar-refractivity contribution in [1.82, 2.24) is 20.2 Å². The zero-order valence-corrected chi connectivity index (χ0v) is 11.3. The Morgan fingerprint density at radius 2 is 2.16 bits per heavy atom. The Morgan fingerprint density at radius 1 is 1.42 bits per heavy atom. The number of carbonyl (C=O) groups is 1. The predicted octanol–water partition coefficient (Wildman–Crippen LogP) is 0.521. The number of carbonyl (C=O) groups excluding carboxylic acids is 1. The molecule has 0 aliphatic carbocycles. The highest BCUT2D eigenvalue weighted by Gasteiger charge is 2.16. The van der Waals surface area contributed by atoms with E-state index in [9.17, 15) is 4.79 Å². The lowest BCUT2D eigenvalue weighted by Gasteiger charge is -2.28. The number of hydrogen-bond donors (Lipinski definition) is 2. The molecule has 1 amide bonds. The van der Waals surface area contributed by atoms with Crippen LogP contribution in [0.2, 0.25) is 0 Å². The molecule has 0 radical (unpaired) electrons. The number of nitrogen functional groups attached to an aromatic ring is 1. The van der Waals surface area contributed by atoms with Crippen molar-refractivity contribution in [1.29, 1.82) is 0 Å². The van der Waals surface area contributed by atoms with Crippen LogP contribution in [0.4, 0.5) is 5.82 Å². The first-order valence-corrected chi connectivity index (χ1v) is 6.69. The van der Waals surface area contributed by atoms with E-state index in [4.69, 9.17) is 5.73 Å². The van der Waals surface area contributed by atoms with Gasteiger partial charge in [-0.25, -0.2) is 9.97 Å². The molecule has 2 heterocycles. The molecule has 1 aromatic heterocycles. The minimum Gasteiger partial charge on any atom is -0.382 e. The van der Waals surface area contributed by atoms with Crippen LogP contribution in [-0.2, 0) is 0 Å². The Labute approximate surface area is 113 Å². The molecule has 19 heavy (non-hydrogen) atoms. The summed E-state index contributed by atoms with van der Waals surface area (Å²) in [5.74, 6) is 0.859. The summed E-state index contributed by atoms with van der Waals surface area (Å²) in [6.45, 7) is 3.00. The smallest absolute Gasteiger partial charge is 0.271 e. The van der Waals surface area contributed by atoms with Gasteiger partial charge in [0.1, 0.15) is 11.5 Å². The summed E-state index contributed by atoms with van der Waals surface area (Å²) < 4.78 is 0. The van der Waals surface area contributed by atoms with Crippen LogP contribution in [0.15, 0.2) is 12.4 Å². The lowest BCUT2D eigenvalue weighted by atomic mass is 9.94. The van der Waals surface area contributed by atoms with E-state index in [0.717, 1.165) is 19.5 Å². The Hall–Kier alpha value is -1.69. The first-order valence-electron chi connectivity index (χ1n) is 6.69. The van der Waals surface area contributed by atoms with Gasteiger partial charge in [0.2, 0.25) is 0 Å². The van der Waals surface area contributed by atoms with E-state index in [2.05, 4.69) is 27.2 Å². The van der Waals surface area contributed by atoms with Gasteiger partial charge in [-0.3, -0.25) is 4.79 Å². The standard InChI is InChI=1S/C13H21N5O/c1-18-6-3-10(4-7-18)2-5-15-13(19)11-8-17-12(14)9-16-11/h8-10H,2-7H2,1H3,(H2,14,17)(H,15,19). The van der Waals surface area contributed by atoms with Crippen LogP contribution in [0.3, 0.4) is 0 Å². The van der Waals surface area contributed by atoms with Gasteiger partial charge in [-0.15, -0.1) is 0 Å². The molecule has 6 heteroatoms. The molecule has 0 saturated carbocycles. The lowest BCUT2D eigenvalue weighted by Crippen LogP contribution is -2.33. The maximum Gasteiger partial charge on any atom is 0.271 e. The Balaban J connectivity index is 1.70. The van der Waals surface area contributed by atoms with E-state index in [1.54, 1.807) is 0 Å². The Kier molecular flexibility index (Phi) is 4.68. The number of anilines is 1. The monoisotopic (exact) mass is 263 g/mol. The number of nitrogens with zero attached hydrogens (tertiary/aromatic N) is 3. The number of aromatic nitrogens is 2. The molecule has 1 saturated heterocycles. The molecule has 0 aromatic carbocycles. The second kappa shape index (κ2) is 6.47. The maximum atomic E-state index is 11.8. The molecule has 0 atom stereocenters. The molecule has 2 rings (SSSR count). The molecule has 0 unspecified atom stereocenters. The second-order valence-electron chi connectivity index (χ2n) is 5.12. The lowest BCUT2D eigenvalue weighted by molar-refractivity contribution is 0.0943. The number of hydrogen-bond acceptors (Lipinski definition) is 5. The molecule has 1 fully saturated rings. The summed E-state index contributed by atoms with van der Waals surface area (Å²) in [5.41, 5.74) is 5.74. The number of amides is 1. The minimum absolute atomic E-state index is 0.180. The van der Waals surface area contributed by atoms with Gasteiger partial charge in [-0.1, -0.05) is 0 Å². The number of piperidine rings is 1. The van der Waals surface area contributed by atoms with Crippen molar-refractivity contribution >= 4 is 11.7 Å². The van der Waals surface area contributed by atoms with Gasteiger partial charge in [-0.05, 0) is 45.3 Å². The predicted molar refractivity (Wildman–Crippen MR) is 73.6 cm³/mol. The highest BCUT2D eigenvalue weighted by Crippen LogP contribution is 2.18. The molecule has 104 valence electrons. The van der Waals surface area contributed by atoms with Crippen molar-refractivity contribution in [3.8, 4) is 0 Å². The second-order valence-corrected chi connectivity index (χ2v) is 5.12. The number of likely N-dealkylation sites (tertiary alicyclic amines) is 1. The van der Waals surface area contributed by atoms with Crippen LogP contribution in [-0.4, -0.2) is 47.5 Å². The van der Waals surface area contributed by atoms with Crippen molar-refractivity contribution in [3.63, 3.8) is 0 Å². The molecule has 6 nitrogen and oxygen atoms in total. The Bertz CT molecular complexity index is 412. The molecule has 0 bridgehead atoms. The van der Waals surface area contributed by atoms with Crippen LogP contribution in [0.5, 0.6) is 0 Å². The zero-order chi connectivity index (χ0) is 13.7. The van der Waals surface area contributed by atoms with Crippen molar-refractivity contribution in [3.05, 3.63) is 18.1 Å². The molecule has 1 aromatic rings. The molecule has 1 aliphatic heterocycles. The molecule has 3 N–H and O–H groups in total. The summed E-state index contributed by atoms with van der Waals surface area (Å²) in [7, 11) is 2.15. The summed E-state index contributed by atoms with van der Waals surface area (Å²) in [5, 5.41) is 2.88. The number of nitrogens with two attached hydrogens (primary N) is 1. The highest BCUT2D eigenvalue weighted by atomic mass is 16.1. The quantitative estimate of drug-likeness (QED) is 0.827. The third-order valence-corrected chi connectivity index (χ3v) is 3.58. The highest BCUT2D eigenvalue weighted by molar-refractivity contribution is 5.91. The number of nitrogens with one attached hydrogen (secondary N) is 1. The van der Waals surface area contributed by atoms with Crippen molar-refractivity contribution in [2.75, 3.05) is 32.4 Å². The van der Waals surface area contributed by atoms with Gasteiger partial charge in [0.15, 0.2) is 0 Å². The first kappa shape index (κ1) is 13.7. The average Bonchev–Trinajstić information content (AvgIpc) is 2.41. The molecule has 0 spiro atoms. The van der Waals surface area contributed by atoms with E-state index in [-0.39, 0.29) is 5.91 Å². The molecular weight excluding hydrogens is 242 g/mol. The van der Waals surface area contributed by atoms with Gasteiger partial charge in [0, 0.05) is 6.54 Å². The largest absolute Gasteiger partial charge is 0.382 e. The fourth-order valence-corrected chi connectivity index (χ4v) is 2.29. The van der Waals surface area contributed by atoms with E-state index in [1.165, 1.54) is 25.2 Å². The van der Waals surface area contributed by atoms with E-state index >= 15 is 0 Å². The SMILES string of the molecule is CN1CCC(CCNC(=O)c2cnc(N)cn2)CC1. The first-order chi connectivity index (χ1) is 9.15. The summed E-state index contributed by atoms with van der Waals surface area (Å²) >= 11 is 0. The van der Waals surface area contributed by atoms with Crippen LogP contribution < -0.4 is 11.1 Å². The van der Waals surface area contributed by atoms with Gasteiger partial charge in [0.05, 0.1) is 12.4 Å². The van der Waals surface area contributed by atoms with Crippen LogP contribution in [0.25, 0.3) is 0 Å². The van der Waals surface area contributed by atoms with Gasteiger partial charge in [0.25, 0.3) is 5.91 Å². The third kappa shape index (κ3) is 4.17. The van der Waals surface area contributed by atoms with E-state index in [0.29, 0.717) is 24.0 Å². The molecule has 1 aliphatic rings. The third-order valence-electron chi connectivity index (χ3n) is 3.58. The normalized spacial score (nSPS) is 17.3. The molecular formula is C13H21N5O. The average molecular weight is 263 g/mol. The zero-order valence-electron chi connectivity index (χ0n) is 11.3. The fraction of sp³-hybridized carbons (Fsp3) is 0.615. The van der Waals surface area contributed by atoms with Gasteiger partial charge >= 0.3 is 0 Å². The summed E-state index contributed by atoms with van der Waals surface area (Å²) in [6, 6.07) is 0. The summed E-state index contributed by atoms with van der Waals surface area (Å²) in [6.07, 6.45) is 6.26. The van der Waals surface area contributed by atoms with Crippen LogP contribution in [0.1, 0.15) is 29.8 Å². The van der Waals surface area contributed by atoms with Crippen molar-refractivity contribution in [2.45, 2.75) is 19.3 Å². The van der Waals surface area contributed by atoms with E-state index < -0.39 is 0 Å². The van der Waals surface area contributed by atoms with Gasteiger partial charge < -0.3 is 16.0 Å². The fourth-order valence-electron chi connectivity index (χ4n) is 2.29.